The van der Waals surface area contributed by atoms with Crippen LogP contribution in [0.1, 0.15) is 29.3 Å². The first-order valence-electron chi connectivity index (χ1n) is 9.82. The molecule has 0 saturated heterocycles. The Morgan fingerprint density at radius 1 is 1.28 bits per heavy atom. The lowest BCUT2D eigenvalue weighted by Crippen LogP contribution is -2.28. The van der Waals surface area contributed by atoms with E-state index in [0.717, 1.165) is 34.5 Å². The van der Waals surface area contributed by atoms with Crippen molar-refractivity contribution in [2.75, 3.05) is 13.7 Å². The molecular formula is C24H25N3O2. The SMILES string of the molecule is COC1=C(CNC(=O)c2ccc3c(c2)ncn3-c2cccc(C)c2)C(C)CC=C1. The lowest BCUT2D eigenvalue weighted by molar-refractivity contribution is 0.0956. The molecule has 1 amide bonds. The normalized spacial score (nSPS) is 16.3. The van der Waals surface area contributed by atoms with Gasteiger partial charge >= 0.3 is 0 Å². The Kier molecular flexibility index (Phi) is 5.21. The Labute approximate surface area is 170 Å². The number of ether oxygens (including phenoxy) is 1. The molecule has 2 aromatic carbocycles. The number of rotatable bonds is 5. The molecule has 1 aliphatic carbocycles. The van der Waals surface area contributed by atoms with Crippen LogP contribution in [0.4, 0.5) is 0 Å². The highest BCUT2D eigenvalue weighted by atomic mass is 16.5. The summed E-state index contributed by atoms with van der Waals surface area (Å²) in [7, 11) is 1.66. The Morgan fingerprint density at radius 3 is 2.93 bits per heavy atom. The number of amides is 1. The number of aryl methyl sites for hydroxylation is 1. The van der Waals surface area contributed by atoms with Gasteiger partial charge in [-0.3, -0.25) is 9.36 Å². The van der Waals surface area contributed by atoms with Crippen LogP contribution in [-0.4, -0.2) is 29.1 Å². The predicted molar refractivity (Wildman–Crippen MR) is 115 cm³/mol. The molecule has 1 aromatic heterocycles. The van der Waals surface area contributed by atoms with Crippen molar-refractivity contribution in [3.63, 3.8) is 0 Å². The highest BCUT2D eigenvalue weighted by Gasteiger charge is 2.18. The second-order valence-corrected chi connectivity index (χ2v) is 7.47. The number of fused-ring (bicyclic) bond motifs is 1. The van der Waals surface area contributed by atoms with E-state index in [1.165, 1.54) is 5.56 Å². The van der Waals surface area contributed by atoms with Crippen LogP contribution in [0.3, 0.4) is 0 Å². The van der Waals surface area contributed by atoms with Gasteiger partial charge in [-0.05, 0) is 66.8 Å². The van der Waals surface area contributed by atoms with Gasteiger partial charge in [0.2, 0.25) is 0 Å². The minimum Gasteiger partial charge on any atom is -0.497 e. The number of aromatic nitrogens is 2. The fourth-order valence-electron chi connectivity index (χ4n) is 3.75. The van der Waals surface area contributed by atoms with Gasteiger partial charge in [0.25, 0.3) is 5.91 Å². The minimum absolute atomic E-state index is 0.110. The molecule has 0 radical (unpaired) electrons. The quantitative estimate of drug-likeness (QED) is 0.698. The first-order chi connectivity index (χ1) is 14.1. The number of methoxy groups -OCH3 is 1. The molecule has 1 unspecified atom stereocenters. The number of allylic oxidation sites excluding steroid dienone is 2. The first kappa shape index (κ1) is 19.0. The third-order valence-electron chi connectivity index (χ3n) is 5.42. The summed E-state index contributed by atoms with van der Waals surface area (Å²) >= 11 is 0. The smallest absolute Gasteiger partial charge is 0.251 e. The summed E-state index contributed by atoms with van der Waals surface area (Å²) in [6, 6.07) is 13.9. The Bertz CT molecular complexity index is 1120. The van der Waals surface area contributed by atoms with Gasteiger partial charge in [0, 0.05) is 17.8 Å². The average Bonchev–Trinajstić information content (AvgIpc) is 3.15. The van der Waals surface area contributed by atoms with Gasteiger partial charge in [-0.25, -0.2) is 4.98 Å². The Morgan fingerprint density at radius 2 is 2.14 bits per heavy atom. The summed E-state index contributed by atoms with van der Waals surface area (Å²) < 4.78 is 7.49. The molecule has 29 heavy (non-hydrogen) atoms. The fraction of sp³-hybridized carbons (Fsp3) is 0.250. The molecule has 0 spiro atoms. The van der Waals surface area contributed by atoms with Crippen LogP contribution in [-0.2, 0) is 4.74 Å². The van der Waals surface area contributed by atoms with Crippen LogP contribution in [0.25, 0.3) is 16.7 Å². The van der Waals surface area contributed by atoms with E-state index in [1.807, 2.05) is 34.9 Å². The molecule has 0 saturated carbocycles. The third-order valence-corrected chi connectivity index (χ3v) is 5.42. The Balaban J connectivity index is 1.55. The van der Waals surface area contributed by atoms with Crippen LogP contribution in [0, 0.1) is 12.8 Å². The van der Waals surface area contributed by atoms with E-state index in [4.69, 9.17) is 4.74 Å². The summed E-state index contributed by atoms with van der Waals surface area (Å²) in [6.45, 7) is 4.69. The molecular weight excluding hydrogens is 362 g/mol. The van der Waals surface area contributed by atoms with Gasteiger partial charge in [-0.1, -0.05) is 25.1 Å². The minimum atomic E-state index is -0.110. The van der Waals surface area contributed by atoms with E-state index in [9.17, 15) is 4.79 Å². The molecule has 148 valence electrons. The van der Waals surface area contributed by atoms with Crippen molar-refractivity contribution in [2.45, 2.75) is 20.3 Å². The van der Waals surface area contributed by atoms with Gasteiger partial charge in [-0.2, -0.15) is 0 Å². The van der Waals surface area contributed by atoms with Crippen LogP contribution >= 0.6 is 0 Å². The zero-order chi connectivity index (χ0) is 20.4. The van der Waals surface area contributed by atoms with Gasteiger partial charge in [-0.15, -0.1) is 0 Å². The van der Waals surface area contributed by atoms with Crippen molar-refractivity contribution in [3.05, 3.63) is 83.4 Å². The van der Waals surface area contributed by atoms with Gasteiger partial charge < -0.3 is 10.1 Å². The molecule has 0 bridgehead atoms. The van der Waals surface area contributed by atoms with E-state index in [-0.39, 0.29) is 5.91 Å². The van der Waals surface area contributed by atoms with Gasteiger partial charge in [0.1, 0.15) is 12.1 Å². The number of nitrogens with one attached hydrogen (secondary N) is 1. The molecule has 5 nitrogen and oxygen atoms in total. The van der Waals surface area contributed by atoms with E-state index in [2.05, 4.69) is 48.4 Å². The second-order valence-electron chi connectivity index (χ2n) is 7.47. The van der Waals surface area contributed by atoms with Crippen molar-refractivity contribution in [1.82, 2.24) is 14.9 Å². The Hall–Kier alpha value is -3.34. The summed E-state index contributed by atoms with van der Waals surface area (Å²) in [5, 5.41) is 3.03. The number of hydrogen-bond acceptors (Lipinski definition) is 3. The maximum Gasteiger partial charge on any atom is 0.251 e. The number of carbonyl (C=O) groups is 1. The maximum atomic E-state index is 12.7. The maximum absolute atomic E-state index is 12.7. The molecule has 1 heterocycles. The zero-order valence-corrected chi connectivity index (χ0v) is 17.0. The van der Waals surface area contributed by atoms with Crippen molar-refractivity contribution < 1.29 is 9.53 Å². The van der Waals surface area contributed by atoms with Crippen molar-refractivity contribution in [2.24, 2.45) is 5.92 Å². The van der Waals surface area contributed by atoms with E-state index in [1.54, 1.807) is 13.4 Å². The molecule has 0 aliphatic heterocycles. The van der Waals surface area contributed by atoms with Crippen LogP contribution in [0.15, 0.2) is 72.3 Å². The lowest BCUT2D eigenvalue weighted by Gasteiger charge is -2.21. The molecule has 5 heteroatoms. The summed E-state index contributed by atoms with van der Waals surface area (Å²) in [5.41, 5.74) is 5.74. The van der Waals surface area contributed by atoms with Crippen molar-refractivity contribution in [1.29, 1.82) is 0 Å². The van der Waals surface area contributed by atoms with E-state index in [0.29, 0.717) is 18.0 Å². The standard InChI is InChI=1S/C24H25N3O2/c1-16-6-4-8-19(12-16)27-15-26-21-13-18(10-11-22(21)27)24(28)25-14-20-17(2)7-5-9-23(20)29-3/h4-6,8-13,15,17H,7,14H2,1-3H3,(H,25,28). The largest absolute Gasteiger partial charge is 0.497 e. The topological polar surface area (TPSA) is 56.1 Å². The highest BCUT2D eigenvalue weighted by molar-refractivity contribution is 5.97. The monoisotopic (exact) mass is 387 g/mol. The fourth-order valence-corrected chi connectivity index (χ4v) is 3.75. The molecule has 4 rings (SSSR count). The zero-order valence-electron chi connectivity index (χ0n) is 17.0. The molecule has 1 N–H and O–H groups in total. The molecule has 3 aromatic rings. The summed E-state index contributed by atoms with van der Waals surface area (Å²) in [4.78, 5) is 17.2. The number of hydrogen-bond donors (Lipinski definition) is 1. The summed E-state index contributed by atoms with van der Waals surface area (Å²) in [5.74, 6) is 1.08. The number of nitrogens with zero attached hydrogens (tertiary/aromatic N) is 2. The van der Waals surface area contributed by atoms with Crippen LogP contribution < -0.4 is 5.32 Å². The average molecular weight is 387 g/mol. The number of benzene rings is 2. The highest BCUT2D eigenvalue weighted by Crippen LogP contribution is 2.25. The van der Waals surface area contributed by atoms with Crippen molar-refractivity contribution >= 4 is 16.9 Å². The van der Waals surface area contributed by atoms with E-state index < -0.39 is 0 Å². The second kappa shape index (κ2) is 7.95. The third kappa shape index (κ3) is 3.81. The molecule has 1 aliphatic rings. The first-order valence-corrected chi connectivity index (χ1v) is 9.82. The van der Waals surface area contributed by atoms with Crippen molar-refractivity contribution in [3.8, 4) is 5.69 Å². The summed E-state index contributed by atoms with van der Waals surface area (Å²) in [6.07, 6.45) is 6.84. The van der Waals surface area contributed by atoms with Gasteiger partial charge in [0.15, 0.2) is 0 Å². The van der Waals surface area contributed by atoms with Crippen LogP contribution in [0.5, 0.6) is 0 Å². The number of imidazole rings is 1. The van der Waals surface area contributed by atoms with Gasteiger partial charge in [0.05, 0.1) is 18.1 Å². The molecule has 1 atom stereocenters. The number of carbonyl (C=O) groups excluding carboxylic acids is 1. The lowest BCUT2D eigenvalue weighted by atomic mass is 9.92. The van der Waals surface area contributed by atoms with Crippen LogP contribution in [0.2, 0.25) is 0 Å². The van der Waals surface area contributed by atoms with E-state index >= 15 is 0 Å². The predicted octanol–water partition coefficient (Wildman–Crippen LogP) is 4.56. The molecule has 0 fully saturated rings.